The lowest BCUT2D eigenvalue weighted by molar-refractivity contribution is -0.150. The van der Waals surface area contributed by atoms with Crippen molar-refractivity contribution in [3.8, 4) is 0 Å². The molecule has 0 spiro atoms. The van der Waals surface area contributed by atoms with E-state index >= 15 is 0 Å². The van der Waals surface area contributed by atoms with E-state index in [2.05, 4.69) is 5.32 Å². The molecule has 1 aromatic rings. The molecule has 0 fully saturated rings. The summed E-state index contributed by atoms with van der Waals surface area (Å²) >= 11 is 0. The lowest BCUT2D eigenvalue weighted by Crippen LogP contribution is -2.46. The van der Waals surface area contributed by atoms with Gasteiger partial charge in [0.1, 0.15) is 0 Å². The van der Waals surface area contributed by atoms with Crippen molar-refractivity contribution in [1.29, 1.82) is 0 Å². The number of ether oxygens (including phenoxy) is 1. The van der Waals surface area contributed by atoms with E-state index in [1.807, 2.05) is 52.0 Å². The van der Waals surface area contributed by atoms with Gasteiger partial charge in [0, 0.05) is 11.6 Å². The van der Waals surface area contributed by atoms with Crippen LogP contribution in [-0.2, 0) is 14.3 Å². The summed E-state index contributed by atoms with van der Waals surface area (Å²) in [5.74, 6) is -0.838. The summed E-state index contributed by atoms with van der Waals surface area (Å²) in [5.41, 5.74) is 1.66. The van der Waals surface area contributed by atoms with Crippen molar-refractivity contribution < 1.29 is 14.3 Å². The molecule has 0 saturated heterocycles. The summed E-state index contributed by atoms with van der Waals surface area (Å²) in [6, 6.07) is 7.71. The van der Waals surface area contributed by atoms with Crippen LogP contribution in [0.2, 0.25) is 0 Å². The van der Waals surface area contributed by atoms with Crippen LogP contribution in [0.1, 0.15) is 38.8 Å². The summed E-state index contributed by atoms with van der Waals surface area (Å²) in [6.45, 7) is 9.14. The number of aryl methyl sites for hydroxylation is 1. The van der Waals surface area contributed by atoms with Crippen molar-refractivity contribution in [3.63, 3.8) is 0 Å². The van der Waals surface area contributed by atoms with Crippen LogP contribution in [0.3, 0.4) is 0 Å². The van der Waals surface area contributed by atoms with Crippen molar-refractivity contribution in [3.05, 3.63) is 41.5 Å². The van der Waals surface area contributed by atoms with E-state index in [4.69, 9.17) is 4.74 Å². The number of hydrogen-bond acceptors (Lipinski definition) is 3. The molecule has 0 bridgehead atoms. The van der Waals surface area contributed by atoms with Crippen LogP contribution in [0.5, 0.6) is 0 Å². The second-order valence-corrected chi connectivity index (χ2v) is 6.01. The number of benzene rings is 1. The van der Waals surface area contributed by atoms with E-state index < -0.39 is 12.1 Å². The Kier molecular flexibility index (Phi) is 5.70. The Balaban J connectivity index is 2.58. The molecule has 1 amide bonds. The quantitative estimate of drug-likeness (QED) is 0.685. The van der Waals surface area contributed by atoms with Gasteiger partial charge in [0.2, 0.25) is 0 Å². The average Bonchev–Trinajstić information content (AvgIpc) is 2.35. The van der Waals surface area contributed by atoms with Gasteiger partial charge in [0.05, 0.1) is 0 Å². The van der Waals surface area contributed by atoms with Gasteiger partial charge < -0.3 is 10.1 Å². The molecule has 0 unspecified atom stereocenters. The molecule has 4 heteroatoms. The van der Waals surface area contributed by atoms with Crippen LogP contribution in [0, 0.1) is 6.92 Å². The number of esters is 1. The van der Waals surface area contributed by atoms with Gasteiger partial charge in [-0.1, -0.05) is 24.3 Å². The molecule has 0 heterocycles. The molecule has 0 aliphatic rings. The fourth-order valence-electron chi connectivity index (χ4n) is 1.67. The first-order valence-corrected chi connectivity index (χ1v) is 6.95. The van der Waals surface area contributed by atoms with Gasteiger partial charge in [-0.15, -0.1) is 0 Å². The third-order valence-corrected chi connectivity index (χ3v) is 2.75. The minimum atomic E-state index is -0.821. The van der Waals surface area contributed by atoms with Crippen LogP contribution in [0.15, 0.2) is 30.3 Å². The molecule has 1 N–H and O–H groups in total. The zero-order valence-corrected chi connectivity index (χ0v) is 13.3. The number of nitrogens with one attached hydrogen (secondary N) is 1. The van der Waals surface area contributed by atoms with Crippen molar-refractivity contribution in [1.82, 2.24) is 5.32 Å². The van der Waals surface area contributed by atoms with Crippen LogP contribution < -0.4 is 5.32 Å². The van der Waals surface area contributed by atoms with Gasteiger partial charge in [-0.2, -0.15) is 0 Å². The number of carbonyl (C=O) groups is 2. The highest BCUT2D eigenvalue weighted by Crippen LogP contribution is 2.09. The highest BCUT2D eigenvalue weighted by Gasteiger charge is 2.21. The van der Waals surface area contributed by atoms with Crippen LogP contribution >= 0.6 is 0 Å². The van der Waals surface area contributed by atoms with Crippen LogP contribution in [0.25, 0.3) is 6.08 Å². The third kappa shape index (κ3) is 6.25. The van der Waals surface area contributed by atoms with Gasteiger partial charge in [-0.05, 0) is 51.8 Å². The van der Waals surface area contributed by atoms with Crippen molar-refractivity contribution in [2.75, 3.05) is 0 Å². The summed E-state index contributed by atoms with van der Waals surface area (Å²) in [5, 5.41) is 2.77. The maximum atomic E-state index is 11.8. The van der Waals surface area contributed by atoms with E-state index in [0.29, 0.717) is 0 Å². The van der Waals surface area contributed by atoms with Crippen molar-refractivity contribution >= 4 is 18.0 Å². The molecule has 1 aromatic carbocycles. The molecule has 4 nitrogen and oxygen atoms in total. The first-order valence-electron chi connectivity index (χ1n) is 6.95. The Morgan fingerprint density at radius 2 is 1.86 bits per heavy atom. The molecule has 0 aliphatic carbocycles. The molecule has 0 aliphatic heterocycles. The van der Waals surface area contributed by atoms with E-state index in [9.17, 15) is 9.59 Å². The molecular weight excluding hydrogens is 266 g/mol. The molecule has 0 aromatic heterocycles. The topological polar surface area (TPSA) is 55.4 Å². The molecule has 114 valence electrons. The Morgan fingerprint density at radius 3 is 2.43 bits per heavy atom. The Bertz CT molecular complexity index is 541. The predicted octanol–water partition coefficient (Wildman–Crippen LogP) is 2.85. The number of amides is 1. The second kappa shape index (κ2) is 7.07. The summed E-state index contributed by atoms with van der Waals surface area (Å²) in [4.78, 5) is 23.5. The van der Waals surface area contributed by atoms with Crippen LogP contribution in [-0.4, -0.2) is 23.5 Å². The van der Waals surface area contributed by atoms with Crippen molar-refractivity contribution in [2.45, 2.75) is 46.3 Å². The molecule has 0 radical (unpaired) electrons. The predicted molar refractivity (Wildman–Crippen MR) is 83.7 cm³/mol. The minimum Gasteiger partial charge on any atom is -0.449 e. The molecule has 0 saturated carbocycles. The summed E-state index contributed by atoms with van der Waals surface area (Å²) < 4.78 is 5.08. The average molecular weight is 289 g/mol. The largest absolute Gasteiger partial charge is 0.449 e. The third-order valence-electron chi connectivity index (χ3n) is 2.75. The fraction of sp³-hybridized carbons (Fsp3) is 0.412. The Labute approximate surface area is 126 Å². The monoisotopic (exact) mass is 289 g/mol. The second-order valence-electron chi connectivity index (χ2n) is 6.01. The molecule has 1 rings (SSSR count). The zero-order chi connectivity index (χ0) is 16.0. The van der Waals surface area contributed by atoms with Gasteiger partial charge in [0.15, 0.2) is 6.10 Å². The molecule has 21 heavy (non-hydrogen) atoms. The van der Waals surface area contributed by atoms with Gasteiger partial charge in [-0.3, -0.25) is 4.79 Å². The molecular formula is C17H23NO3. The maximum Gasteiger partial charge on any atom is 0.331 e. The highest BCUT2D eigenvalue weighted by molar-refractivity contribution is 5.90. The number of hydrogen-bond donors (Lipinski definition) is 1. The van der Waals surface area contributed by atoms with Gasteiger partial charge >= 0.3 is 5.97 Å². The smallest absolute Gasteiger partial charge is 0.331 e. The van der Waals surface area contributed by atoms with E-state index in [-0.39, 0.29) is 11.4 Å². The Morgan fingerprint density at radius 1 is 1.24 bits per heavy atom. The van der Waals surface area contributed by atoms with Crippen LogP contribution in [0.4, 0.5) is 0 Å². The minimum absolute atomic E-state index is 0.305. The normalized spacial score (nSPS) is 13.0. The van der Waals surface area contributed by atoms with E-state index in [1.54, 1.807) is 13.0 Å². The number of rotatable bonds is 4. The lowest BCUT2D eigenvalue weighted by Gasteiger charge is -2.22. The Hall–Kier alpha value is -2.10. The zero-order valence-electron chi connectivity index (χ0n) is 13.3. The summed E-state index contributed by atoms with van der Waals surface area (Å²) in [6.07, 6.45) is 2.20. The fourth-order valence-corrected chi connectivity index (χ4v) is 1.67. The van der Waals surface area contributed by atoms with Gasteiger partial charge in [0.25, 0.3) is 5.91 Å². The lowest BCUT2D eigenvalue weighted by atomic mass is 10.1. The molecule has 1 atom stereocenters. The standard InChI is InChI=1S/C17H23NO3/c1-12-8-6-7-9-14(12)10-11-15(19)21-13(2)16(20)18-17(3,4)5/h6-11,13H,1-5H3,(H,18,20)/b11-10+/t13-/m0/s1. The highest BCUT2D eigenvalue weighted by atomic mass is 16.5. The maximum absolute atomic E-state index is 11.8. The van der Waals surface area contributed by atoms with E-state index in [1.165, 1.54) is 6.08 Å². The first-order chi connectivity index (χ1) is 9.69. The SMILES string of the molecule is Cc1ccccc1/C=C/C(=O)O[C@@H](C)C(=O)NC(C)(C)C. The first kappa shape index (κ1) is 17.0. The van der Waals surface area contributed by atoms with Gasteiger partial charge in [-0.25, -0.2) is 4.79 Å². The van der Waals surface area contributed by atoms with E-state index in [0.717, 1.165) is 11.1 Å². The number of carbonyl (C=O) groups excluding carboxylic acids is 2. The van der Waals surface area contributed by atoms with Crippen molar-refractivity contribution in [2.24, 2.45) is 0 Å². The summed E-state index contributed by atoms with van der Waals surface area (Å²) in [7, 11) is 0.